The molecule has 146 valence electrons. The Morgan fingerprint density at radius 3 is 2.66 bits per heavy atom. The number of amides is 2. The molecule has 6 nitrogen and oxygen atoms in total. The number of aryl methyl sites for hydroxylation is 1. The second-order valence-electron chi connectivity index (χ2n) is 6.71. The van der Waals surface area contributed by atoms with Crippen LogP contribution < -0.4 is 10.9 Å². The lowest BCUT2D eigenvalue weighted by Gasteiger charge is -2.22. The number of rotatable bonds is 5. The summed E-state index contributed by atoms with van der Waals surface area (Å²) in [5.74, 6) is 0.449. The van der Waals surface area contributed by atoms with E-state index in [0.29, 0.717) is 23.3 Å². The van der Waals surface area contributed by atoms with Gasteiger partial charge in [-0.25, -0.2) is 9.78 Å². The highest BCUT2D eigenvalue weighted by atomic mass is 32.1. The molecule has 0 aliphatic heterocycles. The summed E-state index contributed by atoms with van der Waals surface area (Å²) in [7, 11) is 0. The van der Waals surface area contributed by atoms with Crippen LogP contribution in [0.1, 0.15) is 16.3 Å². The number of para-hydroxylation sites is 2. The molecule has 4 aromatic rings. The lowest BCUT2D eigenvalue weighted by atomic mass is 10.2. The Morgan fingerprint density at radius 1 is 1.07 bits per heavy atom. The van der Waals surface area contributed by atoms with Crippen molar-refractivity contribution in [2.75, 3.05) is 5.32 Å². The number of aromatic amines is 1. The number of aromatic nitrogens is 2. The zero-order chi connectivity index (χ0) is 20.2. The van der Waals surface area contributed by atoms with Crippen LogP contribution >= 0.6 is 11.3 Å². The third kappa shape index (κ3) is 4.35. The Bertz CT molecular complexity index is 1200. The quantitative estimate of drug-likeness (QED) is 0.513. The van der Waals surface area contributed by atoms with Crippen molar-refractivity contribution in [2.24, 2.45) is 0 Å². The normalized spacial score (nSPS) is 10.8. The molecule has 0 bridgehead atoms. The summed E-state index contributed by atoms with van der Waals surface area (Å²) in [6.07, 6.45) is 0. The van der Waals surface area contributed by atoms with Crippen molar-refractivity contribution in [1.29, 1.82) is 0 Å². The molecule has 0 fully saturated rings. The van der Waals surface area contributed by atoms with Gasteiger partial charge < -0.3 is 15.2 Å². The summed E-state index contributed by atoms with van der Waals surface area (Å²) < 4.78 is 0. The zero-order valence-electron chi connectivity index (χ0n) is 15.9. The first-order valence-corrected chi connectivity index (χ1v) is 10.1. The van der Waals surface area contributed by atoms with E-state index in [1.165, 1.54) is 0 Å². The molecule has 0 aliphatic rings. The van der Waals surface area contributed by atoms with Crippen molar-refractivity contribution in [2.45, 2.75) is 20.0 Å². The van der Waals surface area contributed by atoms with Crippen molar-refractivity contribution in [1.82, 2.24) is 14.9 Å². The Kier molecular flexibility index (Phi) is 5.39. The van der Waals surface area contributed by atoms with Crippen molar-refractivity contribution in [3.63, 3.8) is 0 Å². The predicted molar refractivity (Wildman–Crippen MR) is 116 cm³/mol. The molecular weight excluding hydrogens is 384 g/mol. The molecule has 29 heavy (non-hydrogen) atoms. The summed E-state index contributed by atoms with van der Waals surface area (Å²) in [5, 5.41) is 5.47. The van der Waals surface area contributed by atoms with Gasteiger partial charge in [-0.2, -0.15) is 0 Å². The smallest absolute Gasteiger partial charge is 0.312 e. The number of hydrogen-bond acceptors (Lipinski definition) is 4. The van der Waals surface area contributed by atoms with Gasteiger partial charge in [-0.15, -0.1) is 11.3 Å². The van der Waals surface area contributed by atoms with Crippen LogP contribution in [0.2, 0.25) is 0 Å². The number of nitrogens with one attached hydrogen (secondary N) is 2. The predicted octanol–water partition coefficient (Wildman–Crippen LogP) is 4.53. The molecule has 2 aromatic heterocycles. The van der Waals surface area contributed by atoms with Crippen LogP contribution in [-0.2, 0) is 13.1 Å². The number of nitrogens with zero attached hydrogens (tertiary/aromatic N) is 2. The van der Waals surface area contributed by atoms with Gasteiger partial charge in [0.1, 0.15) is 5.82 Å². The van der Waals surface area contributed by atoms with Gasteiger partial charge in [0.25, 0.3) is 5.56 Å². The lowest BCUT2D eigenvalue weighted by Crippen LogP contribution is -2.35. The van der Waals surface area contributed by atoms with Crippen molar-refractivity contribution in [3.05, 3.63) is 92.7 Å². The summed E-state index contributed by atoms with van der Waals surface area (Å²) in [6, 6.07) is 18.5. The molecule has 0 unspecified atom stereocenters. The van der Waals surface area contributed by atoms with Gasteiger partial charge >= 0.3 is 6.03 Å². The van der Waals surface area contributed by atoms with Crippen LogP contribution in [0.4, 0.5) is 10.5 Å². The maximum Gasteiger partial charge on any atom is 0.322 e. The number of carbonyl (C=O) groups is 1. The minimum Gasteiger partial charge on any atom is -0.312 e. The molecule has 0 spiro atoms. The van der Waals surface area contributed by atoms with Gasteiger partial charge in [0, 0.05) is 10.6 Å². The van der Waals surface area contributed by atoms with Gasteiger partial charge in [0.15, 0.2) is 0 Å². The Hall–Kier alpha value is -3.45. The van der Waals surface area contributed by atoms with E-state index in [1.807, 2.05) is 54.8 Å². The van der Waals surface area contributed by atoms with Gasteiger partial charge in [-0.05, 0) is 42.1 Å². The van der Waals surface area contributed by atoms with E-state index in [4.69, 9.17) is 0 Å². The average Bonchev–Trinajstić information content (AvgIpc) is 3.22. The highest BCUT2D eigenvalue weighted by Crippen LogP contribution is 2.18. The first kappa shape index (κ1) is 18.9. The standard InChI is InChI=1S/C22H20N4O2S/c1-15-7-2-4-10-18(15)24-22(28)26(13-16-8-6-12-29-16)14-20-23-19-11-5-3-9-17(19)21(27)25-20/h2-12H,13-14H2,1H3,(H,24,28)(H,23,25,27). The average molecular weight is 404 g/mol. The summed E-state index contributed by atoms with van der Waals surface area (Å²) in [4.78, 5) is 35.5. The third-order valence-corrected chi connectivity index (χ3v) is 5.46. The molecule has 0 atom stereocenters. The molecule has 0 saturated carbocycles. The van der Waals surface area contributed by atoms with E-state index in [-0.39, 0.29) is 18.1 Å². The fraction of sp³-hybridized carbons (Fsp3) is 0.136. The van der Waals surface area contributed by atoms with E-state index in [0.717, 1.165) is 16.1 Å². The van der Waals surface area contributed by atoms with E-state index >= 15 is 0 Å². The summed E-state index contributed by atoms with van der Waals surface area (Å²) in [5.41, 5.74) is 2.14. The highest BCUT2D eigenvalue weighted by Gasteiger charge is 2.18. The van der Waals surface area contributed by atoms with E-state index in [2.05, 4.69) is 15.3 Å². The summed E-state index contributed by atoms with van der Waals surface area (Å²) >= 11 is 1.58. The Balaban J connectivity index is 1.63. The molecule has 0 saturated heterocycles. The van der Waals surface area contributed by atoms with Crippen LogP contribution in [0.3, 0.4) is 0 Å². The second-order valence-corrected chi connectivity index (χ2v) is 7.74. The molecule has 2 amide bonds. The van der Waals surface area contributed by atoms with Gasteiger partial charge in [0.2, 0.25) is 0 Å². The van der Waals surface area contributed by atoms with E-state index < -0.39 is 0 Å². The fourth-order valence-electron chi connectivity index (χ4n) is 3.09. The van der Waals surface area contributed by atoms with Gasteiger partial charge in [-0.1, -0.05) is 36.4 Å². The molecule has 2 N–H and O–H groups in total. The minimum atomic E-state index is -0.247. The van der Waals surface area contributed by atoms with Gasteiger partial charge in [-0.3, -0.25) is 4.79 Å². The van der Waals surface area contributed by atoms with Gasteiger partial charge in [0.05, 0.1) is 24.0 Å². The molecule has 7 heteroatoms. The summed E-state index contributed by atoms with van der Waals surface area (Å²) in [6.45, 7) is 2.56. The third-order valence-electron chi connectivity index (χ3n) is 4.60. The first-order chi connectivity index (χ1) is 14.1. The van der Waals surface area contributed by atoms with Crippen molar-refractivity contribution in [3.8, 4) is 0 Å². The van der Waals surface area contributed by atoms with Crippen molar-refractivity contribution >= 4 is 34.0 Å². The first-order valence-electron chi connectivity index (χ1n) is 9.22. The van der Waals surface area contributed by atoms with Crippen molar-refractivity contribution < 1.29 is 4.79 Å². The maximum absolute atomic E-state index is 13.0. The van der Waals surface area contributed by atoms with Crippen LogP contribution in [0.15, 0.2) is 70.8 Å². The van der Waals surface area contributed by atoms with Crippen LogP contribution in [0.5, 0.6) is 0 Å². The zero-order valence-corrected chi connectivity index (χ0v) is 16.7. The maximum atomic E-state index is 13.0. The monoisotopic (exact) mass is 404 g/mol. The molecule has 4 rings (SSSR count). The topological polar surface area (TPSA) is 78.1 Å². The minimum absolute atomic E-state index is 0.190. The molecule has 0 aliphatic carbocycles. The number of fused-ring (bicyclic) bond motifs is 1. The van der Waals surface area contributed by atoms with Crippen LogP contribution in [0, 0.1) is 6.92 Å². The molecule has 2 aromatic carbocycles. The highest BCUT2D eigenvalue weighted by molar-refractivity contribution is 7.09. The largest absolute Gasteiger partial charge is 0.322 e. The number of H-pyrrole nitrogens is 1. The number of carbonyl (C=O) groups excluding carboxylic acids is 1. The second kappa shape index (κ2) is 8.28. The fourth-order valence-corrected chi connectivity index (χ4v) is 3.81. The Morgan fingerprint density at radius 2 is 1.86 bits per heavy atom. The number of urea groups is 1. The number of benzene rings is 2. The number of thiophene rings is 1. The van der Waals surface area contributed by atoms with Crippen LogP contribution in [-0.4, -0.2) is 20.9 Å². The SMILES string of the molecule is Cc1ccccc1NC(=O)N(Cc1nc2ccccc2c(=O)[nH]1)Cc1cccs1. The molecule has 2 heterocycles. The lowest BCUT2D eigenvalue weighted by molar-refractivity contribution is 0.205. The number of hydrogen-bond donors (Lipinski definition) is 2. The van der Waals surface area contributed by atoms with E-state index in [1.54, 1.807) is 34.4 Å². The van der Waals surface area contributed by atoms with E-state index in [9.17, 15) is 9.59 Å². The Labute approximate surface area is 171 Å². The molecular formula is C22H20N4O2S. The van der Waals surface area contributed by atoms with Crippen LogP contribution in [0.25, 0.3) is 10.9 Å². The molecule has 0 radical (unpaired) electrons. The number of anilines is 1.